The molecule has 0 unspecified atom stereocenters. The predicted molar refractivity (Wildman–Crippen MR) is 63.1 cm³/mol. The maximum absolute atomic E-state index is 13.3. The molecule has 3 heteroatoms. The minimum Gasteiger partial charge on any atom is -0.312 e. The van der Waals surface area contributed by atoms with Crippen molar-refractivity contribution < 1.29 is 4.39 Å². The zero-order valence-electron chi connectivity index (χ0n) is 8.60. The van der Waals surface area contributed by atoms with Crippen LogP contribution in [0.4, 0.5) is 4.39 Å². The van der Waals surface area contributed by atoms with E-state index in [2.05, 4.69) is 21.2 Å². The molecule has 0 saturated heterocycles. The number of hydrogen-bond donors (Lipinski definition) is 1. The van der Waals surface area contributed by atoms with E-state index in [-0.39, 0.29) is 5.82 Å². The monoisotopic (exact) mass is 271 g/mol. The Morgan fingerprint density at radius 2 is 2.20 bits per heavy atom. The van der Waals surface area contributed by atoms with Gasteiger partial charge in [-0.15, -0.1) is 0 Å². The summed E-state index contributed by atoms with van der Waals surface area (Å²) in [4.78, 5) is 0. The Morgan fingerprint density at radius 1 is 1.40 bits per heavy atom. The van der Waals surface area contributed by atoms with Gasteiger partial charge in [-0.1, -0.05) is 22.4 Å². The van der Waals surface area contributed by atoms with Gasteiger partial charge in [0.1, 0.15) is 5.82 Å². The zero-order chi connectivity index (χ0) is 10.7. The van der Waals surface area contributed by atoms with Gasteiger partial charge in [-0.25, -0.2) is 4.39 Å². The number of hydrogen-bond acceptors (Lipinski definition) is 1. The molecule has 0 radical (unpaired) electrons. The lowest BCUT2D eigenvalue weighted by molar-refractivity contribution is 0.301. The van der Waals surface area contributed by atoms with Crippen molar-refractivity contribution in [3.8, 4) is 0 Å². The van der Waals surface area contributed by atoms with E-state index in [9.17, 15) is 4.39 Å². The first-order valence-electron chi connectivity index (χ1n) is 5.40. The maximum Gasteiger partial charge on any atom is 0.127 e. The fraction of sp³-hybridized carbons (Fsp3) is 0.500. The number of nitrogens with one attached hydrogen (secondary N) is 1. The molecule has 15 heavy (non-hydrogen) atoms. The normalized spacial score (nSPS) is 16.4. The van der Waals surface area contributed by atoms with Gasteiger partial charge in [0.2, 0.25) is 0 Å². The van der Waals surface area contributed by atoms with Gasteiger partial charge in [0.15, 0.2) is 0 Å². The van der Waals surface area contributed by atoms with E-state index in [0.29, 0.717) is 6.54 Å². The first-order valence-corrected chi connectivity index (χ1v) is 6.19. The molecule has 2 rings (SSSR count). The molecule has 1 aromatic rings. The van der Waals surface area contributed by atoms with Crippen molar-refractivity contribution in [1.29, 1.82) is 0 Å². The van der Waals surface area contributed by atoms with Crippen LogP contribution >= 0.6 is 15.9 Å². The van der Waals surface area contributed by atoms with Gasteiger partial charge in [-0.3, -0.25) is 0 Å². The predicted octanol–water partition coefficient (Wildman–Crippen LogP) is 3.48. The van der Waals surface area contributed by atoms with Crippen molar-refractivity contribution in [3.63, 3.8) is 0 Å². The van der Waals surface area contributed by atoms with Gasteiger partial charge in [0.25, 0.3) is 0 Å². The lowest BCUT2D eigenvalue weighted by atomic mass is 9.85. The highest BCUT2D eigenvalue weighted by atomic mass is 79.9. The van der Waals surface area contributed by atoms with Crippen molar-refractivity contribution in [2.75, 3.05) is 6.54 Å². The third-order valence-corrected chi connectivity index (χ3v) is 3.47. The van der Waals surface area contributed by atoms with Crippen LogP contribution < -0.4 is 5.32 Å². The molecular weight excluding hydrogens is 257 g/mol. The van der Waals surface area contributed by atoms with Gasteiger partial charge < -0.3 is 5.32 Å². The smallest absolute Gasteiger partial charge is 0.127 e. The lowest BCUT2D eigenvalue weighted by Crippen LogP contribution is -2.27. The van der Waals surface area contributed by atoms with Crippen LogP contribution in [0.3, 0.4) is 0 Å². The largest absolute Gasteiger partial charge is 0.312 e. The van der Waals surface area contributed by atoms with Crippen molar-refractivity contribution >= 4 is 15.9 Å². The molecule has 1 aromatic carbocycles. The lowest BCUT2D eigenvalue weighted by Gasteiger charge is -2.25. The fourth-order valence-corrected chi connectivity index (χ4v) is 2.20. The van der Waals surface area contributed by atoms with E-state index in [0.717, 1.165) is 22.5 Å². The van der Waals surface area contributed by atoms with Gasteiger partial charge in [0, 0.05) is 16.6 Å². The quantitative estimate of drug-likeness (QED) is 0.884. The highest BCUT2D eigenvalue weighted by Gasteiger charge is 2.16. The first-order chi connectivity index (χ1) is 7.25. The van der Waals surface area contributed by atoms with Crippen LogP contribution in [0.15, 0.2) is 22.7 Å². The molecule has 0 heterocycles. The Bertz CT molecular complexity index is 336. The van der Waals surface area contributed by atoms with E-state index in [4.69, 9.17) is 0 Å². The Morgan fingerprint density at radius 3 is 2.87 bits per heavy atom. The summed E-state index contributed by atoms with van der Waals surface area (Å²) in [6.07, 6.45) is 4.01. The van der Waals surface area contributed by atoms with Crippen molar-refractivity contribution in [2.24, 2.45) is 5.92 Å². The summed E-state index contributed by atoms with van der Waals surface area (Å²) in [6.45, 7) is 1.65. The van der Waals surface area contributed by atoms with Crippen LogP contribution in [0, 0.1) is 11.7 Å². The highest BCUT2D eigenvalue weighted by molar-refractivity contribution is 9.10. The van der Waals surface area contributed by atoms with Gasteiger partial charge in [-0.2, -0.15) is 0 Å². The van der Waals surface area contributed by atoms with Crippen LogP contribution in [0.25, 0.3) is 0 Å². The first kappa shape index (κ1) is 11.1. The summed E-state index contributed by atoms with van der Waals surface area (Å²) in [6, 6.07) is 5.07. The molecule has 1 N–H and O–H groups in total. The van der Waals surface area contributed by atoms with Crippen molar-refractivity contribution in [2.45, 2.75) is 25.8 Å². The maximum atomic E-state index is 13.3. The molecule has 1 nitrogen and oxygen atoms in total. The molecule has 0 amide bonds. The van der Waals surface area contributed by atoms with Gasteiger partial charge in [-0.05, 0) is 43.5 Å². The molecule has 1 saturated carbocycles. The van der Waals surface area contributed by atoms with Crippen LogP contribution in [-0.2, 0) is 6.54 Å². The number of rotatable bonds is 4. The molecule has 0 aliphatic heterocycles. The van der Waals surface area contributed by atoms with E-state index in [1.807, 2.05) is 6.07 Å². The summed E-state index contributed by atoms with van der Waals surface area (Å²) in [5.41, 5.74) is 0.740. The summed E-state index contributed by atoms with van der Waals surface area (Å²) < 4.78 is 14.3. The second-order valence-corrected chi connectivity index (χ2v) is 5.08. The Hall–Kier alpha value is -0.410. The molecule has 0 aromatic heterocycles. The second-order valence-electron chi connectivity index (χ2n) is 4.16. The van der Waals surface area contributed by atoms with E-state index < -0.39 is 0 Å². The molecule has 0 atom stereocenters. The Kier molecular flexibility index (Phi) is 3.76. The minimum atomic E-state index is -0.126. The van der Waals surface area contributed by atoms with Crippen molar-refractivity contribution in [3.05, 3.63) is 34.1 Å². The van der Waals surface area contributed by atoms with E-state index in [1.54, 1.807) is 6.07 Å². The highest BCUT2D eigenvalue weighted by Crippen LogP contribution is 2.25. The number of halogens is 2. The summed E-state index contributed by atoms with van der Waals surface area (Å²) in [5, 5.41) is 3.31. The molecule has 82 valence electrons. The molecule has 0 spiro atoms. The van der Waals surface area contributed by atoms with E-state index >= 15 is 0 Å². The Balaban J connectivity index is 1.83. The van der Waals surface area contributed by atoms with Gasteiger partial charge >= 0.3 is 0 Å². The zero-order valence-corrected chi connectivity index (χ0v) is 10.2. The van der Waals surface area contributed by atoms with Gasteiger partial charge in [0.05, 0.1) is 0 Å². The molecule has 1 aliphatic rings. The summed E-state index contributed by atoms with van der Waals surface area (Å²) in [5.74, 6) is 0.694. The van der Waals surface area contributed by atoms with Crippen LogP contribution in [0.2, 0.25) is 0 Å². The average molecular weight is 272 g/mol. The molecule has 1 aliphatic carbocycles. The van der Waals surface area contributed by atoms with Crippen molar-refractivity contribution in [1.82, 2.24) is 5.32 Å². The summed E-state index contributed by atoms with van der Waals surface area (Å²) >= 11 is 3.35. The van der Waals surface area contributed by atoms with Crippen LogP contribution in [0.5, 0.6) is 0 Å². The SMILES string of the molecule is Fc1ccc(Br)cc1CNCC1CCC1. The Labute approximate surface area is 98.2 Å². The topological polar surface area (TPSA) is 12.0 Å². The number of benzene rings is 1. The molecular formula is C12H15BrFN. The summed E-state index contributed by atoms with van der Waals surface area (Å²) in [7, 11) is 0. The molecule has 0 bridgehead atoms. The molecule has 1 fully saturated rings. The third kappa shape index (κ3) is 3.02. The standard InChI is InChI=1S/C12H15BrFN/c13-11-4-5-12(14)10(6-11)8-15-7-9-2-1-3-9/h4-6,9,15H,1-3,7-8H2. The van der Waals surface area contributed by atoms with Crippen LogP contribution in [0.1, 0.15) is 24.8 Å². The minimum absolute atomic E-state index is 0.126. The van der Waals surface area contributed by atoms with Crippen LogP contribution in [-0.4, -0.2) is 6.54 Å². The second kappa shape index (κ2) is 5.08. The van der Waals surface area contributed by atoms with E-state index in [1.165, 1.54) is 25.3 Å². The fourth-order valence-electron chi connectivity index (χ4n) is 1.79. The third-order valence-electron chi connectivity index (χ3n) is 2.98. The average Bonchev–Trinajstić information content (AvgIpc) is 2.15.